The summed E-state index contributed by atoms with van der Waals surface area (Å²) < 4.78 is 4.06. The molecule has 0 saturated carbocycles. The molecule has 0 rings (SSSR count). The maximum atomic E-state index is 7.79. The Morgan fingerprint density at radius 2 is 1.83 bits per heavy atom. The molecule has 0 radical (unpaired) electrons. The Hall–Kier alpha value is 1.53. The Morgan fingerprint density at radius 1 is 1.67 bits per heavy atom. The predicted molar refractivity (Wildman–Crippen MR) is 23.5 cm³/mol. The summed E-state index contributed by atoms with van der Waals surface area (Å²) in [4.78, 5) is 15.6. The van der Waals surface area contributed by atoms with E-state index in [1.54, 1.807) is 0 Å². The first-order valence-corrected chi connectivity index (χ1v) is 2.97. The van der Waals surface area contributed by atoms with Crippen LogP contribution >= 0.6 is 8.60 Å². The van der Waals surface area contributed by atoms with Crippen LogP contribution in [0.1, 0.15) is 1.43 Å². The third-order valence-electron chi connectivity index (χ3n) is 0.163. The van der Waals surface area contributed by atoms with Gasteiger partial charge >= 0.3 is 38.2 Å². The van der Waals surface area contributed by atoms with Crippen LogP contribution in [0.3, 0.4) is 0 Å². The molecular formula is H6NaO3PSi. The van der Waals surface area contributed by atoms with Crippen LogP contribution in [-0.2, 0) is 4.21 Å². The largest absolute Gasteiger partial charge is 1.00 e. The van der Waals surface area contributed by atoms with E-state index in [1.165, 1.54) is 0 Å². The summed E-state index contributed by atoms with van der Waals surface area (Å²) in [5.41, 5.74) is 0. The molecule has 0 aromatic rings. The molecule has 0 fully saturated rings. The fraction of sp³-hybridized carbons (Fsp3) is 0. The zero-order valence-corrected chi connectivity index (χ0v) is 8.64. The quantitative estimate of drug-likeness (QED) is 0.283. The van der Waals surface area contributed by atoms with Crippen molar-refractivity contribution in [2.24, 2.45) is 0 Å². The second kappa shape index (κ2) is 6.53. The molecular weight excluding hydrogens is 130 g/mol. The third kappa shape index (κ3) is 9.11. The Labute approximate surface area is 64.0 Å². The van der Waals surface area contributed by atoms with Gasteiger partial charge in [0.2, 0.25) is 0 Å². The first kappa shape index (κ1) is 10.5. The number of hydrogen-bond donors (Lipinski definition) is 2. The molecule has 0 saturated heterocycles. The molecule has 2 N–H and O–H groups in total. The van der Waals surface area contributed by atoms with E-state index in [0.717, 1.165) is 0 Å². The SMILES string of the molecule is OP(O)O[SiH3].[H-].[Na+]. The Balaban J connectivity index is -0.0000000800. The van der Waals surface area contributed by atoms with Gasteiger partial charge in [-0.05, 0) is 0 Å². The summed E-state index contributed by atoms with van der Waals surface area (Å²) in [5.74, 6) is 0. The molecule has 6 heteroatoms. The van der Waals surface area contributed by atoms with E-state index in [9.17, 15) is 0 Å². The van der Waals surface area contributed by atoms with Crippen molar-refractivity contribution < 1.29 is 45.0 Å². The Bertz CT molecular complexity index is 28.9. The van der Waals surface area contributed by atoms with Crippen LogP contribution in [0.4, 0.5) is 0 Å². The van der Waals surface area contributed by atoms with Crippen LogP contribution in [0.25, 0.3) is 0 Å². The topological polar surface area (TPSA) is 49.7 Å². The van der Waals surface area contributed by atoms with E-state index in [-0.39, 0.29) is 31.0 Å². The molecule has 0 bridgehead atoms. The van der Waals surface area contributed by atoms with Crippen LogP contribution in [0.2, 0.25) is 0 Å². The van der Waals surface area contributed by atoms with Crippen LogP contribution < -0.4 is 29.6 Å². The van der Waals surface area contributed by atoms with Crippen LogP contribution in [-0.4, -0.2) is 20.3 Å². The minimum Gasteiger partial charge on any atom is -1.00 e. The maximum Gasteiger partial charge on any atom is 1.00 e. The molecule has 0 aliphatic carbocycles. The van der Waals surface area contributed by atoms with Crippen molar-refractivity contribution in [3.05, 3.63) is 0 Å². The minimum atomic E-state index is -2.04. The molecule has 3 nitrogen and oxygen atoms in total. The predicted octanol–water partition coefficient (Wildman–Crippen LogP) is -4.39. The average Bonchev–Trinajstić information content (AvgIpc) is 1.38. The average molecular weight is 136 g/mol. The summed E-state index contributed by atoms with van der Waals surface area (Å²) in [5, 5.41) is 0. The smallest absolute Gasteiger partial charge is 1.00 e. The second-order valence-corrected chi connectivity index (χ2v) is 2.40. The fourth-order valence-electron chi connectivity index (χ4n) is 0. The van der Waals surface area contributed by atoms with Crippen LogP contribution in [0.15, 0.2) is 0 Å². The van der Waals surface area contributed by atoms with Crippen LogP contribution in [0, 0.1) is 0 Å². The van der Waals surface area contributed by atoms with Gasteiger partial charge in [0, 0.05) is 0 Å². The monoisotopic (exact) mass is 136 g/mol. The standard InChI is InChI=1S/Na.H5O3PSi.H/c;1-4(2)3-5;/h;1-2H,5H3;/q+1;;-1. The summed E-state index contributed by atoms with van der Waals surface area (Å²) in [6, 6.07) is 0. The first-order chi connectivity index (χ1) is 2.27. The zero-order chi connectivity index (χ0) is 4.28. The summed E-state index contributed by atoms with van der Waals surface area (Å²) in [6.45, 7) is 0. The summed E-state index contributed by atoms with van der Waals surface area (Å²) >= 11 is 0. The van der Waals surface area contributed by atoms with Gasteiger partial charge in [-0.15, -0.1) is 0 Å². The van der Waals surface area contributed by atoms with Crippen LogP contribution in [0.5, 0.6) is 0 Å². The summed E-state index contributed by atoms with van der Waals surface area (Å²) in [6.07, 6.45) is 0. The van der Waals surface area contributed by atoms with Crippen molar-refractivity contribution in [1.82, 2.24) is 0 Å². The fourth-order valence-corrected chi connectivity index (χ4v) is 0. The van der Waals surface area contributed by atoms with Gasteiger partial charge in [-0.3, -0.25) is 0 Å². The maximum absolute atomic E-state index is 7.79. The normalized spacial score (nSPS) is 8.50. The van der Waals surface area contributed by atoms with Gasteiger partial charge < -0.3 is 15.4 Å². The van der Waals surface area contributed by atoms with E-state index >= 15 is 0 Å². The first-order valence-electron chi connectivity index (χ1n) is 0.991. The second-order valence-electron chi connectivity index (χ2n) is 0.435. The van der Waals surface area contributed by atoms with Crippen molar-refractivity contribution in [1.29, 1.82) is 0 Å². The summed E-state index contributed by atoms with van der Waals surface area (Å²) in [7, 11) is -1.63. The van der Waals surface area contributed by atoms with E-state index in [4.69, 9.17) is 9.79 Å². The molecule has 34 valence electrons. The van der Waals surface area contributed by atoms with E-state index in [2.05, 4.69) is 4.21 Å². The van der Waals surface area contributed by atoms with Gasteiger partial charge in [0.25, 0.3) is 0 Å². The van der Waals surface area contributed by atoms with E-state index < -0.39 is 8.60 Å². The van der Waals surface area contributed by atoms with E-state index in [1.807, 2.05) is 0 Å². The van der Waals surface area contributed by atoms with Gasteiger partial charge in [-0.2, -0.15) is 0 Å². The van der Waals surface area contributed by atoms with Crippen molar-refractivity contribution in [3.8, 4) is 0 Å². The molecule has 0 amide bonds. The Morgan fingerprint density at radius 3 is 1.83 bits per heavy atom. The van der Waals surface area contributed by atoms with Gasteiger partial charge in [-0.25, -0.2) is 0 Å². The zero-order valence-electron chi connectivity index (χ0n) is 4.75. The molecule has 0 unspecified atom stereocenters. The Kier molecular flexibility index (Phi) is 11.4. The molecule has 6 heavy (non-hydrogen) atoms. The van der Waals surface area contributed by atoms with Crippen molar-refractivity contribution in [2.45, 2.75) is 0 Å². The molecule has 0 atom stereocenters. The van der Waals surface area contributed by atoms with Crippen molar-refractivity contribution in [3.63, 3.8) is 0 Å². The van der Waals surface area contributed by atoms with Gasteiger partial charge in [0.15, 0.2) is 10.5 Å². The van der Waals surface area contributed by atoms with Gasteiger partial charge in [0.05, 0.1) is 0 Å². The molecule has 0 spiro atoms. The molecule has 0 aliphatic rings. The minimum absolute atomic E-state index is 0. The third-order valence-corrected chi connectivity index (χ3v) is 1.47. The molecule has 0 aromatic heterocycles. The van der Waals surface area contributed by atoms with Gasteiger partial charge in [0.1, 0.15) is 0 Å². The van der Waals surface area contributed by atoms with E-state index in [0.29, 0.717) is 10.5 Å². The molecule has 0 heterocycles. The number of rotatable bonds is 1. The number of hydrogen-bond acceptors (Lipinski definition) is 3. The van der Waals surface area contributed by atoms with Crippen molar-refractivity contribution >= 4 is 19.1 Å². The van der Waals surface area contributed by atoms with Gasteiger partial charge in [-0.1, -0.05) is 0 Å². The molecule has 0 aromatic carbocycles. The molecule has 0 aliphatic heterocycles. The van der Waals surface area contributed by atoms with Crippen molar-refractivity contribution in [2.75, 3.05) is 0 Å².